The monoisotopic (exact) mass is 273 g/mol. The molecule has 1 rings (SSSR count). The average molecular weight is 273 g/mol. The van der Waals surface area contributed by atoms with Crippen molar-refractivity contribution in [3.05, 3.63) is 0 Å². The molecule has 0 radical (unpaired) electrons. The highest BCUT2D eigenvalue weighted by molar-refractivity contribution is 5.80. The molecule has 0 aromatic carbocycles. The number of rotatable bonds is 6. The van der Waals surface area contributed by atoms with E-state index in [2.05, 4.69) is 22.5 Å². The third kappa shape index (κ3) is 5.34. The zero-order chi connectivity index (χ0) is 14.1. The molecule has 1 aliphatic rings. The maximum absolute atomic E-state index is 5.68. The maximum Gasteiger partial charge on any atom is 0.191 e. The van der Waals surface area contributed by atoms with E-state index < -0.39 is 0 Å². The van der Waals surface area contributed by atoms with Gasteiger partial charge in [-0.15, -0.1) is 0 Å². The second-order valence-electron chi connectivity index (χ2n) is 4.93. The molecule has 6 nitrogen and oxygen atoms in total. The summed E-state index contributed by atoms with van der Waals surface area (Å²) in [4.78, 5) is 4.21. The Labute approximate surface area is 115 Å². The summed E-state index contributed by atoms with van der Waals surface area (Å²) in [5, 5.41) is 6.60. The van der Waals surface area contributed by atoms with Crippen LogP contribution >= 0.6 is 0 Å². The van der Waals surface area contributed by atoms with E-state index in [-0.39, 0.29) is 11.6 Å². The molecule has 112 valence electrons. The molecule has 0 aliphatic carbocycles. The Hall–Kier alpha value is -0.850. The van der Waals surface area contributed by atoms with Crippen LogP contribution in [0.2, 0.25) is 0 Å². The highest BCUT2D eigenvalue weighted by Gasteiger charge is 2.32. The molecular formula is C13H27N3O3. The predicted molar refractivity (Wildman–Crippen MR) is 75.6 cm³/mol. The van der Waals surface area contributed by atoms with Gasteiger partial charge in [0.2, 0.25) is 0 Å². The van der Waals surface area contributed by atoms with Gasteiger partial charge in [-0.3, -0.25) is 4.99 Å². The SMILES string of the molecule is CN=C(NCC1(OC)CCOCC1)NC(C)COC. The quantitative estimate of drug-likeness (QED) is 0.541. The summed E-state index contributed by atoms with van der Waals surface area (Å²) in [7, 11) is 5.21. The van der Waals surface area contributed by atoms with Crippen molar-refractivity contribution in [1.82, 2.24) is 10.6 Å². The van der Waals surface area contributed by atoms with E-state index in [1.807, 2.05) is 0 Å². The molecule has 1 fully saturated rings. The van der Waals surface area contributed by atoms with Gasteiger partial charge in [0.15, 0.2) is 5.96 Å². The third-order valence-corrected chi connectivity index (χ3v) is 3.44. The first kappa shape index (κ1) is 16.2. The lowest BCUT2D eigenvalue weighted by atomic mass is 9.94. The normalized spacial score (nSPS) is 20.9. The minimum absolute atomic E-state index is 0.152. The van der Waals surface area contributed by atoms with Gasteiger partial charge in [0.1, 0.15) is 0 Å². The highest BCUT2D eigenvalue weighted by atomic mass is 16.5. The number of aliphatic imine (C=N–C) groups is 1. The molecule has 0 aromatic heterocycles. The van der Waals surface area contributed by atoms with Gasteiger partial charge in [-0.2, -0.15) is 0 Å². The van der Waals surface area contributed by atoms with Crippen molar-refractivity contribution in [3.63, 3.8) is 0 Å². The maximum atomic E-state index is 5.68. The van der Waals surface area contributed by atoms with Crippen LogP contribution in [0.3, 0.4) is 0 Å². The first-order valence-corrected chi connectivity index (χ1v) is 6.75. The largest absolute Gasteiger partial charge is 0.383 e. The molecule has 0 bridgehead atoms. The van der Waals surface area contributed by atoms with Crippen molar-refractivity contribution in [2.45, 2.75) is 31.4 Å². The lowest BCUT2D eigenvalue weighted by molar-refractivity contribution is -0.0855. The molecule has 6 heteroatoms. The number of ether oxygens (including phenoxy) is 3. The fourth-order valence-electron chi connectivity index (χ4n) is 2.16. The summed E-state index contributed by atoms with van der Waals surface area (Å²) in [5.74, 6) is 0.771. The van der Waals surface area contributed by atoms with Crippen molar-refractivity contribution in [3.8, 4) is 0 Å². The predicted octanol–water partition coefficient (Wildman–Crippen LogP) is 0.382. The molecule has 19 heavy (non-hydrogen) atoms. The molecule has 0 aromatic rings. The standard InChI is InChI=1S/C13H27N3O3/c1-11(9-17-3)16-12(14-2)15-10-13(18-4)5-7-19-8-6-13/h11H,5-10H2,1-4H3,(H2,14,15,16). The van der Waals surface area contributed by atoms with Crippen molar-refractivity contribution >= 4 is 5.96 Å². The Bertz CT molecular complexity index is 278. The zero-order valence-corrected chi connectivity index (χ0v) is 12.5. The van der Waals surface area contributed by atoms with Crippen molar-refractivity contribution in [2.75, 3.05) is 47.6 Å². The fraction of sp³-hybridized carbons (Fsp3) is 0.923. The first-order valence-electron chi connectivity index (χ1n) is 6.75. The number of hydrogen-bond donors (Lipinski definition) is 2. The molecule has 1 unspecified atom stereocenters. The van der Waals surface area contributed by atoms with E-state index in [0.717, 1.165) is 38.6 Å². The van der Waals surface area contributed by atoms with Gasteiger partial charge in [0.25, 0.3) is 0 Å². The zero-order valence-electron chi connectivity index (χ0n) is 12.5. The van der Waals surface area contributed by atoms with Crippen LogP contribution in [0, 0.1) is 0 Å². The molecule has 1 atom stereocenters. The van der Waals surface area contributed by atoms with Gasteiger partial charge in [0.05, 0.1) is 12.2 Å². The molecule has 0 saturated carbocycles. The molecule has 1 saturated heterocycles. The molecular weight excluding hydrogens is 246 g/mol. The average Bonchev–Trinajstić information content (AvgIpc) is 2.44. The van der Waals surface area contributed by atoms with Crippen LogP contribution in [-0.4, -0.2) is 65.2 Å². The van der Waals surface area contributed by atoms with Crippen molar-refractivity contribution in [2.24, 2.45) is 4.99 Å². The second-order valence-corrected chi connectivity index (χ2v) is 4.93. The van der Waals surface area contributed by atoms with E-state index in [0.29, 0.717) is 6.61 Å². The summed E-state index contributed by atoms with van der Waals surface area (Å²) in [5.41, 5.74) is -0.152. The van der Waals surface area contributed by atoms with Crippen LogP contribution in [0.1, 0.15) is 19.8 Å². The van der Waals surface area contributed by atoms with Crippen LogP contribution < -0.4 is 10.6 Å². The minimum atomic E-state index is -0.152. The minimum Gasteiger partial charge on any atom is -0.383 e. The number of hydrogen-bond acceptors (Lipinski definition) is 4. The lowest BCUT2D eigenvalue weighted by Gasteiger charge is -2.36. The molecule has 0 spiro atoms. The van der Waals surface area contributed by atoms with Crippen molar-refractivity contribution in [1.29, 1.82) is 0 Å². The molecule has 1 heterocycles. The smallest absolute Gasteiger partial charge is 0.191 e. The third-order valence-electron chi connectivity index (χ3n) is 3.44. The van der Waals surface area contributed by atoms with E-state index in [1.165, 1.54) is 0 Å². The van der Waals surface area contributed by atoms with E-state index in [4.69, 9.17) is 14.2 Å². The Morgan fingerprint density at radius 1 is 1.37 bits per heavy atom. The van der Waals surface area contributed by atoms with Crippen LogP contribution in [0.5, 0.6) is 0 Å². The van der Waals surface area contributed by atoms with E-state index >= 15 is 0 Å². The van der Waals surface area contributed by atoms with Crippen LogP contribution in [0.25, 0.3) is 0 Å². The summed E-state index contributed by atoms with van der Waals surface area (Å²) in [6, 6.07) is 0.212. The Morgan fingerprint density at radius 2 is 2.05 bits per heavy atom. The fourth-order valence-corrected chi connectivity index (χ4v) is 2.16. The Balaban J connectivity index is 2.43. The van der Waals surface area contributed by atoms with Gasteiger partial charge in [-0.05, 0) is 6.92 Å². The van der Waals surface area contributed by atoms with E-state index in [1.54, 1.807) is 21.3 Å². The van der Waals surface area contributed by atoms with Gasteiger partial charge >= 0.3 is 0 Å². The number of guanidine groups is 1. The van der Waals surface area contributed by atoms with Crippen LogP contribution in [0.4, 0.5) is 0 Å². The lowest BCUT2D eigenvalue weighted by Crippen LogP contribution is -2.52. The number of nitrogens with zero attached hydrogens (tertiary/aromatic N) is 1. The first-order chi connectivity index (χ1) is 9.15. The summed E-state index contributed by atoms with van der Waals surface area (Å²) < 4.78 is 16.2. The van der Waals surface area contributed by atoms with Crippen LogP contribution in [0.15, 0.2) is 4.99 Å². The molecule has 2 N–H and O–H groups in total. The van der Waals surface area contributed by atoms with Gasteiger partial charge in [0, 0.05) is 59.9 Å². The number of methoxy groups -OCH3 is 2. The molecule has 0 amide bonds. The van der Waals surface area contributed by atoms with Crippen molar-refractivity contribution < 1.29 is 14.2 Å². The Morgan fingerprint density at radius 3 is 2.58 bits per heavy atom. The Kier molecular flexibility index (Phi) is 7.12. The molecule has 1 aliphatic heterocycles. The van der Waals surface area contributed by atoms with E-state index in [9.17, 15) is 0 Å². The van der Waals surface area contributed by atoms with Crippen LogP contribution in [-0.2, 0) is 14.2 Å². The van der Waals surface area contributed by atoms with Gasteiger partial charge in [-0.1, -0.05) is 0 Å². The summed E-state index contributed by atoms with van der Waals surface area (Å²) in [6.07, 6.45) is 1.81. The van der Waals surface area contributed by atoms with Gasteiger partial charge in [-0.25, -0.2) is 0 Å². The summed E-state index contributed by atoms with van der Waals surface area (Å²) in [6.45, 7) is 4.93. The van der Waals surface area contributed by atoms with Gasteiger partial charge < -0.3 is 24.8 Å². The number of nitrogens with one attached hydrogen (secondary N) is 2. The second kappa shape index (κ2) is 8.35. The highest BCUT2D eigenvalue weighted by Crippen LogP contribution is 2.23. The topological polar surface area (TPSA) is 64.1 Å². The summed E-state index contributed by atoms with van der Waals surface area (Å²) >= 11 is 0.